The van der Waals surface area contributed by atoms with Gasteiger partial charge in [0, 0.05) is 12.7 Å². The molecule has 0 radical (unpaired) electrons. The molecule has 2 N–H and O–H groups in total. The normalized spacial score (nSPS) is 18.0. The van der Waals surface area contributed by atoms with Crippen molar-refractivity contribution in [3.8, 4) is 0 Å². The second kappa shape index (κ2) is 5.23. The predicted octanol–water partition coefficient (Wildman–Crippen LogP) is 0.701. The van der Waals surface area contributed by atoms with E-state index in [4.69, 9.17) is 5.11 Å². The maximum Gasteiger partial charge on any atom is 0.416 e. The third kappa shape index (κ3) is 3.95. The van der Waals surface area contributed by atoms with Crippen LogP contribution in [0.3, 0.4) is 0 Å². The van der Waals surface area contributed by atoms with Gasteiger partial charge >= 0.3 is 6.18 Å². The zero-order valence-corrected chi connectivity index (χ0v) is 9.69. The lowest BCUT2D eigenvalue weighted by molar-refractivity contribution is -0.208. The maximum atomic E-state index is 12.1. The molecule has 1 aromatic rings. The van der Waals surface area contributed by atoms with Gasteiger partial charge in [-0.3, -0.25) is 0 Å². The topological polar surface area (TPSA) is 63.0 Å². The van der Waals surface area contributed by atoms with Crippen LogP contribution in [0.2, 0.25) is 0 Å². The van der Waals surface area contributed by atoms with E-state index in [0.717, 1.165) is 17.1 Å². The number of nitrogens with one attached hydrogen (secondary N) is 1. The van der Waals surface area contributed by atoms with Crippen molar-refractivity contribution in [3.63, 3.8) is 0 Å². The fraction of sp³-hybridized carbons (Fsp3) is 0.800. The van der Waals surface area contributed by atoms with Crippen molar-refractivity contribution in [1.82, 2.24) is 20.3 Å². The summed E-state index contributed by atoms with van der Waals surface area (Å²) in [6.07, 6.45) is -3.16. The molecule has 1 aliphatic rings. The third-order valence-electron chi connectivity index (χ3n) is 2.76. The first-order valence-corrected chi connectivity index (χ1v) is 5.79. The second-order valence-electron chi connectivity index (χ2n) is 4.56. The average molecular weight is 264 g/mol. The first-order chi connectivity index (χ1) is 8.45. The van der Waals surface area contributed by atoms with Gasteiger partial charge < -0.3 is 10.4 Å². The minimum atomic E-state index is -4.63. The molecule has 0 aliphatic heterocycles. The van der Waals surface area contributed by atoms with Crippen LogP contribution in [0.25, 0.3) is 0 Å². The van der Waals surface area contributed by atoms with Crippen molar-refractivity contribution >= 4 is 0 Å². The summed E-state index contributed by atoms with van der Waals surface area (Å²) in [6.45, 7) is 0.760. The van der Waals surface area contributed by atoms with E-state index in [1.807, 2.05) is 0 Å². The van der Waals surface area contributed by atoms with Gasteiger partial charge in [-0.05, 0) is 25.3 Å². The van der Waals surface area contributed by atoms with E-state index < -0.39 is 18.8 Å². The Kier molecular flexibility index (Phi) is 3.86. The lowest BCUT2D eigenvalue weighted by Crippen LogP contribution is -2.33. The summed E-state index contributed by atoms with van der Waals surface area (Å²) in [7, 11) is 0. The summed E-state index contributed by atoms with van der Waals surface area (Å²) in [6, 6.07) is 0. The fourth-order valence-electron chi connectivity index (χ4n) is 1.52. The summed E-state index contributed by atoms with van der Waals surface area (Å²) >= 11 is 0. The second-order valence-corrected chi connectivity index (χ2v) is 4.56. The van der Waals surface area contributed by atoms with Crippen LogP contribution in [0.15, 0.2) is 6.20 Å². The Hall–Kier alpha value is -1.15. The minimum absolute atomic E-state index is 0.485. The van der Waals surface area contributed by atoms with Crippen LogP contribution in [0.4, 0.5) is 13.2 Å². The van der Waals surface area contributed by atoms with Crippen LogP contribution in [0.5, 0.6) is 0 Å². The predicted molar refractivity (Wildman–Crippen MR) is 56.5 cm³/mol. The number of nitrogens with zero attached hydrogens (tertiary/aromatic N) is 3. The Morgan fingerprint density at radius 1 is 1.50 bits per heavy atom. The highest BCUT2D eigenvalue weighted by atomic mass is 19.4. The molecular formula is C10H15F3N4O. The molecule has 1 fully saturated rings. The monoisotopic (exact) mass is 264 g/mol. The number of rotatable bonds is 6. The highest BCUT2D eigenvalue weighted by Crippen LogP contribution is 2.27. The van der Waals surface area contributed by atoms with Gasteiger partial charge in [-0.15, -0.1) is 5.10 Å². The molecule has 102 valence electrons. The first-order valence-electron chi connectivity index (χ1n) is 5.79. The standard InChI is InChI=1S/C10H15F3N4O/c11-10(12,13)9(18)6-17-5-8(15-16-17)4-14-3-7-1-2-7/h5,7,9,14,18H,1-4,6H2. The van der Waals surface area contributed by atoms with Gasteiger partial charge in [-0.2, -0.15) is 13.2 Å². The summed E-state index contributed by atoms with van der Waals surface area (Å²) < 4.78 is 37.4. The molecule has 0 amide bonds. The van der Waals surface area contributed by atoms with Gasteiger partial charge in [0.1, 0.15) is 0 Å². The fourth-order valence-corrected chi connectivity index (χ4v) is 1.52. The Balaban J connectivity index is 1.77. The van der Waals surface area contributed by atoms with Crippen LogP contribution < -0.4 is 5.32 Å². The zero-order chi connectivity index (χ0) is 13.2. The lowest BCUT2D eigenvalue weighted by atomic mass is 10.3. The average Bonchev–Trinajstić information content (AvgIpc) is 2.98. The van der Waals surface area contributed by atoms with E-state index in [2.05, 4.69) is 15.6 Å². The molecule has 0 aromatic carbocycles. The van der Waals surface area contributed by atoms with Gasteiger partial charge in [0.25, 0.3) is 0 Å². The Morgan fingerprint density at radius 2 is 2.22 bits per heavy atom. The van der Waals surface area contributed by atoms with Crippen LogP contribution in [0, 0.1) is 5.92 Å². The summed E-state index contributed by atoms with van der Waals surface area (Å²) in [5, 5.41) is 19.3. The minimum Gasteiger partial charge on any atom is -0.382 e. The molecule has 1 atom stereocenters. The SMILES string of the molecule is OC(Cn1cc(CNCC2CC2)nn1)C(F)(F)F. The highest BCUT2D eigenvalue weighted by Gasteiger charge is 2.38. The van der Waals surface area contributed by atoms with E-state index in [1.54, 1.807) is 0 Å². The number of halogens is 3. The van der Waals surface area contributed by atoms with Gasteiger partial charge in [0.05, 0.1) is 12.2 Å². The smallest absolute Gasteiger partial charge is 0.382 e. The van der Waals surface area contributed by atoms with E-state index in [0.29, 0.717) is 12.2 Å². The molecule has 1 aliphatic carbocycles. The molecular weight excluding hydrogens is 249 g/mol. The van der Waals surface area contributed by atoms with E-state index in [-0.39, 0.29) is 0 Å². The number of hydrogen-bond donors (Lipinski definition) is 2. The summed E-state index contributed by atoms with van der Waals surface area (Å²) in [5.41, 5.74) is 0.574. The number of aliphatic hydroxyl groups excluding tert-OH is 1. The van der Waals surface area contributed by atoms with Gasteiger partial charge in [0.2, 0.25) is 0 Å². The van der Waals surface area contributed by atoms with E-state index in [1.165, 1.54) is 19.0 Å². The van der Waals surface area contributed by atoms with Crippen molar-refractivity contribution in [3.05, 3.63) is 11.9 Å². The van der Waals surface area contributed by atoms with E-state index in [9.17, 15) is 13.2 Å². The molecule has 1 aromatic heterocycles. The number of alkyl halides is 3. The summed E-state index contributed by atoms with van der Waals surface area (Å²) in [4.78, 5) is 0. The molecule has 1 unspecified atom stereocenters. The molecule has 1 saturated carbocycles. The Morgan fingerprint density at radius 3 is 2.83 bits per heavy atom. The van der Waals surface area contributed by atoms with Crippen molar-refractivity contribution < 1.29 is 18.3 Å². The van der Waals surface area contributed by atoms with Gasteiger partial charge in [0.15, 0.2) is 6.10 Å². The highest BCUT2D eigenvalue weighted by molar-refractivity contribution is 4.92. The molecule has 1 heterocycles. The quantitative estimate of drug-likeness (QED) is 0.794. The van der Waals surface area contributed by atoms with Crippen LogP contribution in [-0.2, 0) is 13.1 Å². The molecule has 0 saturated heterocycles. The Bertz CT molecular complexity index is 389. The molecule has 0 spiro atoms. The Labute approximate surface area is 102 Å². The number of hydrogen-bond acceptors (Lipinski definition) is 4. The molecule has 5 nitrogen and oxygen atoms in total. The molecule has 18 heavy (non-hydrogen) atoms. The van der Waals surface area contributed by atoms with Crippen LogP contribution in [0.1, 0.15) is 18.5 Å². The van der Waals surface area contributed by atoms with Gasteiger partial charge in [-0.1, -0.05) is 5.21 Å². The molecule has 0 bridgehead atoms. The maximum absolute atomic E-state index is 12.1. The van der Waals surface area contributed by atoms with Crippen LogP contribution in [-0.4, -0.2) is 38.9 Å². The van der Waals surface area contributed by atoms with Crippen molar-refractivity contribution in [2.45, 2.75) is 38.2 Å². The van der Waals surface area contributed by atoms with Crippen molar-refractivity contribution in [2.75, 3.05) is 6.54 Å². The lowest BCUT2D eigenvalue weighted by Gasteiger charge is -2.13. The van der Waals surface area contributed by atoms with Crippen molar-refractivity contribution in [1.29, 1.82) is 0 Å². The first kappa shape index (κ1) is 13.3. The largest absolute Gasteiger partial charge is 0.416 e. The third-order valence-corrected chi connectivity index (χ3v) is 2.76. The number of aliphatic hydroxyl groups is 1. The number of aromatic nitrogens is 3. The molecule has 2 rings (SSSR count). The summed E-state index contributed by atoms with van der Waals surface area (Å²) in [5.74, 6) is 0.729. The zero-order valence-electron chi connectivity index (χ0n) is 9.69. The van der Waals surface area contributed by atoms with Crippen molar-refractivity contribution in [2.24, 2.45) is 5.92 Å². The van der Waals surface area contributed by atoms with Gasteiger partial charge in [-0.25, -0.2) is 4.68 Å². The van der Waals surface area contributed by atoms with E-state index >= 15 is 0 Å². The molecule has 8 heteroatoms. The van der Waals surface area contributed by atoms with Crippen LogP contribution >= 0.6 is 0 Å².